The molecule has 0 unspecified atom stereocenters. The minimum Gasteiger partial charge on any atom is -0.480 e. The van der Waals surface area contributed by atoms with Gasteiger partial charge in [-0.1, -0.05) is 12.1 Å². The van der Waals surface area contributed by atoms with Crippen LogP contribution >= 0.6 is 0 Å². The van der Waals surface area contributed by atoms with E-state index >= 15 is 0 Å². The first-order valence-corrected chi connectivity index (χ1v) is 6.21. The van der Waals surface area contributed by atoms with Crippen LogP contribution in [0.1, 0.15) is 36.0 Å². The molecule has 2 N–H and O–H groups in total. The van der Waals surface area contributed by atoms with Gasteiger partial charge < -0.3 is 10.4 Å². The minimum atomic E-state index is -1.17. The van der Waals surface area contributed by atoms with Gasteiger partial charge in [0.05, 0.1) is 11.6 Å². The largest absolute Gasteiger partial charge is 0.480 e. The number of amides is 1. The second-order valence-corrected chi connectivity index (χ2v) is 4.25. The van der Waals surface area contributed by atoms with Crippen LogP contribution in [0.25, 0.3) is 0 Å². The lowest BCUT2D eigenvalue weighted by Gasteiger charge is -2.14. The molecule has 0 spiro atoms. The van der Waals surface area contributed by atoms with Crippen LogP contribution in [0.4, 0.5) is 4.39 Å². The molecule has 0 radical (unpaired) electrons. The second kappa shape index (κ2) is 7.89. The number of carboxylic acid groups (broad SMARTS) is 1. The van der Waals surface area contributed by atoms with E-state index in [0.717, 1.165) is 6.07 Å². The summed E-state index contributed by atoms with van der Waals surface area (Å²) < 4.78 is 13.4. The molecule has 0 heterocycles. The molecule has 5 nitrogen and oxygen atoms in total. The number of carboxylic acids is 1. The van der Waals surface area contributed by atoms with Crippen molar-refractivity contribution in [3.05, 3.63) is 35.6 Å². The van der Waals surface area contributed by atoms with Crippen molar-refractivity contribution < 1.29 is 19.1 Å². The van der Waals surface area contributed by atoms with Crippen molar-refractivity contribution in [2.45, 2.75) is 31.7 Å². The second-order valence-electron chi connectivity index (χ2n) is 4.25. The Bertz CT molecular complexity index is 525. The third-order valence-corrected chi connectivity index (χ3v) is 2.75. The van der Waals surface area contributed by atoms with Crippen LogP contribution in [-0.2, 0) is 4.79 Å². The fraction of sp³-hybridized carbons (Fsp3) is 0.357. The van der Waals surface area contributed by atoms with Crippen molar-refractivity contribution in [1.82, 2.24) is 5.32 Å². The molecule has 0 aromatic heterocycles. The summed E-state index contributed by atoms with van der Waals surface area (Å²) in [4.78, 5) is 22.8. The van der Waals surface area contributed by atoms with Gasteiger partial charge in [0.1, 0.15) is 11.9 Å². The third-order valence-electron chi connectivity index (χ3n) is 2.75. The molecule has 0 aliphatic heterocycles. The highest BCUT2D eigenvalue weighted by atomic mass is 19.1. The number of carbonyl (C=O) groups is 2. The molecule has 0 saturated heterocycles. The maximum absolute atomic E-state index is 13.4. The number of hydrogen-bond donors (Lipinski definition) is 2. The van der Waals surface area contributed by atoms with Gasteiger partial charge in [-0.3, -0.25) is 4.79 Å². The smallest absolute Gasteiger partial charge is 0.326 e. The van der Waals surface area contributed by atoms with Gasteiger partial charge in [0.25, 0.3) is 5.91 Å². The maximum atomic E-state index is 13.4. The van der Waals surface area contributed by atoms with Crippen molar-refractivity contribution in [2.75, 3.05) is 0 Å². The van der Waals surface area contributed by atoms with Gasteiger partial charge in [0, 0.05) is 6.42 Å². The number of nitrogens with one attached hydrogen (secondary N) is 1. The van der Waals surface area contributed by atoms with Crippen LogP contribution < -0.4 is 5.32 Å². The highest BCUT2D eigenvalue weighted by molar-refractivity contribution is 5.96. The zero-order chi connectivity index (χ0) is 15.0. The fourth-order valence-electron chi connectivity index (χ4n) is 1.69. The monoisotopic (exact) mass is 278 g/mol. The van der Waals surface area contributed by atoms with Crippen LogP contribution in [0.5, 0.6) is 0 Å². The first kappa shape index (κ1) is 15.6. The van der Waals surface area contributed by atoms with Gasteiger partial charge in [-0.2, -0.15) is 5.26 Å². The molecule has 106 valence electrons. The molecule has 20 heavy (non-hydrogen) atoms. The average Bonchev–Trinajstić information content (AvgIpc) is 2.42. The molecular weight excluding hydrogens is 263 g/mol. The highest BCUT2D eigenvalue weighted by Crippen LogP contribution is 2.09. The van der Waals surface area contributed by atoms with Crippen molar-refractivity contribution in [3.8, 4) is 6.07 Å². The van der Waals surface area contributed by atoms with Crippen LogP contribution in [-0.4, -0.2) is 23.0 Å². The van der Waals surface area contributed by atoms with E-state index in [2.05, 4.69) is 5.32 Å². The number of nitrogens with zero attached hydrogens (tertiary/aromatic N) is 1. The maximum Gasteiger partial charge on any atom is 0.326 e. The Morgan fingerprint density at radius 2 is 2.05 bits per heavy atom. The summed E-state index contributed by atoms with van der Waals surface area (Å²) >= 11 is 0. The van der Waals surface area contributed by atoms with Crippen LogP contribution in [0, 0.1) is 17.1 Å². The number of halogens is 1. The number of hydrogen-bond acceptors (Lipinski definition) is 3. The first-order chi connectivity index (χ1) is 9.56. The fourth-order valence-corrected chi connectivity index (χ4v) is 1.69. The summed E-state index contributed by atoms with van der Waals surface area (Å²) in [6, 6.07) is 6.25. The van der Waals surface area contributed by atoms with Crippen LogP contribution in [0.2, 0.25) is 0 Å². The SMILES string of the molecule is N#CCCCC[C@H](NC(=O)c1ccccc1F)C(=O)O. The van der Waals surface area contributed by atoms with Crippen molar-refractivity contribution in [1.29, 1.82) is 5.26 Å². The third kappa shape index (κ3) is 4.69. The molecule has 1 aromatic carbocycles. The molecule has 1 aromatic rings. The van der Waals surface area contributed by atoms with Gasteiger partial charge in [-0.25, -0.2) is 9.18 Å². The Labute approximate surface area is 116 Å². The summed E-state index contributed by atoms with van der Waals surface area (Å²) in [7, 11) is 0. The van der Waals surface area contributed by atoms with Gasteiger partial charge >= 0.3 is 5.97 Å². The van der Waals surface area contributed by atoms with Gasteiger partial charge in [-0.05, 0) is 31.4 Å². The van der Waals surface area contributed by atoms with Crippen molar-refractivity contribution >= 4 is 11.9 Å². The molecular formula is C14H15FN2O3. The number of aliphatic carboxylic acids is 1. The molecule has 0 aliphatic carbocycles. The molecule has 1 rings (SSSR count). The average molecular weight is 278 g/mol. The van der Waals surface area contributed by atoms with Crippen molar-refractivity contribution in [3.63, 3.8) is 0 Å². The summed E-state index contributed by atoms with van der Waals surface area (Å²) in [6.45, 7) is 0. The van der Waals surface area contributed by atoms with E-state index in [0.29, 0.717) is 19.3 Å². The zero-order valence-corrected chi connectivity index (χ0v) is 10.8. The van der Waals surface area contributed by atoms with E-state index in [1.54, 1.807) is 0 Å². The summed E-state index contributed by atoms with van der Waals surface area (Å²) in [6.07, 6.45) is 1.61. The number of rotatable bonds is 7. The minimum absolute atomic E-state index is 0.184. The van der Waals surface area contributed by atoms with Crippen LogP contribution in [0.3, 0.4) is 0 Å². The molecule has 0 saturated carbocycles. The predicted molar refractivity (Wildman–Crippen MR) is 69.4 cm³/mol. The van der Waals surface area contributed by atoms with Gasteiger partial charge in [0.15, 0.2) is 0 Å². The summed E-state index contributed by atoms with van der Waals surface area (Å²) in [5.74, 6) is -2.62. The molecule has 6 heteroatoms. The number of benzene rings is 1. The molecule has 1 atom stereocenters. The first-order valence-electron chi connectivity index (χ1n) is 6.21. The normalized spacial score (nSPS) is 11.4. The Balaban J connectivity index is 2.62. The van der Waals surface area contributed by atoms with Crippen molar-refractivity contribution in [2.24, 2.45) is 0 Å². The van der Waals surface area contributed by atoms with E-state index in [4.69, 9.17) is 10.4 Å². The van der Waals surface area contributed by atoms with Gasteiger partial charge in [0.2, 0.25) is 0 Å². The van der Waals surface area contributed by atoms with E-state index in [1.165, 1.54) is 18.2 Å². The standard InChI is InChI=1S/C14H15FN2O3/c15-11-7-4-3-6-10(11)13(18)17-12(14(19)20)8-2-1-5-9-16/h3-4,6-7,12H,1-2,5,8H2,(H,17,18)(H,19,20)/t12-/m0/s1. The predicted octanol–water partition coefficient (Wildman–Crippen LogP) is 2.09. The highest BCUT2D eigenvalue weighted by Gasteiger charge is 2.21. The Kier molecular flexibility index (Phi) is 6.17. The number of carbonyl (C=O) groups excluding carboxylic acids is 1. The summed E-state index contributed by atoms with van der Waals surface area (Å²) in [5.41, 5.74) is -0.184. The zero-order valence-electron chi connectivity index (χ0n) is 10.8. The molecule has 0 bridgehead atoms. The van der Waals surface area contributed by atoms with E-state index in [1.807, 2.05) is 6.07 Å². The summed E-state index contributed by atoms with van der Waals surface area (Å²) in [5, 5.41) is 19.7. The van der Waals surface area contributed by atoms with Gasteiger partial charge in [-0.15, -0.1) is 0 Å². The number of nitriles is 1. The Morgan fingerprint density at radius 1 is 1.35 bits per heavy atom. The quantitative estimate of drug-likeness (QED) is 0.747. The topological polar surface area (TPSA) is 90.2 Å². The van der Waals surface area contributed by atoms with E-state index < -0.39 is 23.7 Å². The molecule has 1 amide bonds. The molecule has 0 fully saturated rings. The molecule has 0 aliphatic rings. The number of unbranched alkanes of at least 4 members (excludes halogenated alkanes) is 2. The lowest BCUT2D eigenvalue weighted by atomic mass is 10.1. The Morgan fingerprint density at radius 3 is 2.65 bits per heavy atom. The van der Waals surface area contributed by atoms with Crippen LogP contribution in [0.15, 0.2) is 24.3 Å². The van der Waals surface area contributed by atoms with E-state index in [-0.39, 0.29) is 12.0 Å². The van der Waals surface area contributed by atoms with E-state index in [9.17, 15) is 14.0 Å². The Hall–Kier alpha value is -2.42. The lowest BCUT2D eigenvalue weighted by molar-refractivity contribution is -0.139. The lowest BCUT2D eigenvalue weighted by Crippen LogP contribution is -2.41.